The minimum Gasteiger partial charge on any atom is -0.384 e. The lowest BCUT2D eigenvalue weighted by Crippen LogP contribution is -2.31. The third-order valence-electron chi connectivity index (χ3n) is 2.39. The van der Waals surface area contributed by atoms with Gasteiger partial charge in [0.25, 0.3) is 0 Å². The second-order valence-corrected chi connectivity index (χ2v) is 3.79. The van der Waals surface area contributed by atoms with Crippen LogP contribution >= 0.6 is 11.3 Å². The van der Waals surface area contributed by atoms with Crippen LogP contribution in [0, 0.1) is 0 Å². The molecule has 11 heavy (non-hydrogen) atoms. The second kappa shape index (κ2) is 2.30. The Bertz CT molecular complexity index is 271. The maximum atomic E-state index is 9.92. The Hall–Kier alpha value is -0.380. The van der Waals surface area contributed by atoms with Crippen LogP contribution in [0.25, 0.3) is 0 Å². The second-order valence-electron chi connectivity index (χ2n) is 3.05. The van der Waals surface area contributed by atoms with Crippen molar-refractivity contribution in [2.75, 3.05) is 6.54 Å². The zero-order valence-corrected chi connectivity index (χ0v) is 7.03. The molecule has 3 heteroatoms. The molecule has 0 radical (unpaired) electrons. The first kappa shape index (κ1) is 7.28. The highest BCUT2D eigenvalue weighted by Gasteiger charge is 2.35. The van der Waals surface area contributed by atoms with Gasteiger partial charge in [0.2, 0.25) is 0 Å². The van der Waals surface area contributed by atoms with Crippen molar-refractivity contribution in [3.05, 3.63) is 21.9 Å². The summed E-state index contributed by atoms with van der Waals surface area (Å²) in [6.45, 7) is 0.344. The lowest BCUT2D eigenvalue weighted by atomic mass is 9.99. The Morgan fingerprint density at radius 1 is 1.64 bits per heavy atom. The monoisotopic (exact) mass is 169 g/mol. The van der Waals surface area contributed by atoms with Crippen LogP contribution in [-0.4, -0.2) is 11.7 Å². The fraction of sp³-hybridized carbons (Fsp3) is 0.500. The van der Waals surface area contributed by atoms with Crippen LogP contribution in [0.1, 0.15) is 17.5 Å². The smallest absolute Gasteiger partial charge is 0.103 e. The molecule has 1 aliphatic rings. The average molecular weight is 169 g/mol. The van der Waals surface area contributed by atoms with E-state index in [1.54, 1.807) is 11.3 Å². The largest absolute Gasteiger partial charge is 0.384 e. The molecule has 1 aliphatic carbocycles. The van der Waals surface area contributed by atoms with Crippen LogP contribution in [-0.2, 0) is 12.0 Å². The van der Waals surface area contributed by atoms with E-state index in [0.29, 0.717) is 6.54 Å². The number of hydrogen-bond acceptors (Lipinski definition) is 3. The first-order valence-corrected chi connectivity index (χ1v) is 4.68. The van der Waals surface area contributed by atoms with Crippen molar-refractivity contribution in [2.45, 2.75) is 18.4 Å². The number of rotatable bonds is 1. The van der Waals surface area contributed by atoms with Gasteiger partial charge in [-0.25, -0.2) is 0 Å². The molecule has 1 heterocycles. The molecule has 60 valence electrons. The normalized spacial score (nSPS) is 28.9. The molecule has 0 spiro atoms. The summed E-state index contributed by atoms with van der Waals surface area (Å²) in [7, 11) is 0. The van der Waals surface area contributed by atoms with Gasteiger partial charge in [0.05, 0.1) is 0 Å². The number of aliphatic hydroxyl groups is 1. The van der Waals surface area contributed by atoms with Gasteiger partial charge in [-0.3, -0.25) is 0 Å². The van der Waals surface area contributed by atoms with Gasteiger partial charge in [0, 0.05) is 6.54 Å². The minimum absolute atomic E-state index is 0.344. The van der Waals surface area contributed by atoms with Gasteiger partial charge in [-0.2, -0.15) is 11.3 Å². The summed E-state index contributed by atoms with van der Waals surface area (Å²) < 4.78 is 0. The maximum Gasteiger partial charge on any atom is 0.103 e. The van der Waals surface area contributed by atoms with Gasteiger partial charge in [0.15, 0.2) is 0 Å². The van der Waals surface area contributed by atoms with Crippen LogP contribution in [0.3, 0.4) is 0 Å². The van der Waals surface area contributed by atoms with Crippen LogP contribution in [0.5, 0.6) is 0 Å². The van der Waals surface area contributed by atoms with Gasteiger partial charge < -0.3 is 10.8 Å². The van der Waals surface area contributed by atoms with E-state index in [9.17, 15) is 5.11 Å². The Balaban J connectivity index is 2.45. The van der Waals surface area contributed by atoms with Crippen molar-refractivity contribution in [3.63, 3.8) is 0 Å². The Kier molecular flexibility index (Phi) is 1.52. The maximum absolute atomic E-state index is 9.92. The molecular weight excluding hydrogens is 158 g/mol. The van der Waals surface area contributed by atoms with Crippen molar-refractivity contribution in [3.8, 4) is 0 Å². The standard InChI is InChI=1S/C8H11NOS/c9-5-8(10)2-1-6-3-11-4-7(6)8/h3-4,10H,1-2,5,9H2. The Morgan fingerprint density at radius 2 is 2.45 bits per heavy atom. The van der Waals surface area contributed by atoms with E-state index in [2.05, 4.69) is 5.38 Å². The van der Waals surface area contributed by atoms with Gasteiger partial charge in [-0.15, -0.1) is 0 Å². The summed E-state index contributed by atoms with van der Waals surface area (Å²) >= 11 is 1.64. The van der Waals surface area contributed by atoms with Crippen molar-refractivity contribution in [1.29, 1.82) is 0 Å². The molecule has 1 aromatic rings. The molecule has 0 aliphatic heterocycles. The molecule has 0 saturated heterocycles. The molecule has 1 aromatic heterocycles. The predicted octanol–water partition coefficient (Wildman–Crippen LogP) is 0.841. The molecule has 0 saturated carbocycles. The summed E-state index contributed by atoms with van der Waals surface area (Å²) in [5.74, 6) is 0. The lowest BCUT2D eigenvalue weighted by molar-refractivity contribution is 0.0484. The van der Waals surface area contributed by atoms with E-state index >= 15 is 0 Å². The van der Waals surface area contributed by atoms with Gasteiger partial charge in [-0.05, 0) is 34.7 Å². The Labute approximate surface area is 69.7 Å². The third-order valence-corrected chi connectivity index (χ3v) is 3.18. The van der Waals surface area contributed by atoms with Crippen LogP contribution in [0.15, 0.2) is 10.8 Å². The third kappa shape index (κ3) is 0.922. The highest BCUT2D eigenvalue weighted by atomic mass is 32.1. The lowest BCUT2D eigenvalue weighted by Gasteiger charge is -2.19. The van der Waals surface area contributed by atoms with Crippen molar-refractivity contribution >= 4 is 11.3 Å². The number of aryl methyl sites for hydroxylation is 1. The zero-order chi connectivity index (χ0) is 7.90. The number of thiophene rings is 1. The number of fused-ring (bicyclic) bond motifs is 1. The molecule has 2 nitrogen and oxygen atoms in total. The summed E-state index contributed by atoms with van der Waals surface area (Å²) in [5, 5.41) is 14.0. The molecule has 3 N–H and O–H groups in total. The van der Waals surface area contributed by atoms with E-state index < -0.39 is 5.60 Å². The molecule has 0 amide bonds. The van der Waals surface area contributed by atoms with Crippen LogP contribution < -0.4 is 5.73 Å². The molecule has 0 aromatic carbocycles. The molecular formula is C8H11NOS. The molecule has 1 unspecified atom stereocenters. The minimum atomic E-state index is -0.713. The fourth-order valence-corrected chi connectivity index (χ4v) is 2.60. The van der Waals surface area contributed by atoms with E-state index in [0.717, 1.165) is 18.4 Å². The highest BCUT2D eigenvalue weighted by Crippen LogP contribution is 2.37. The van der Waals surface area contributed by atoms with Crippen LogP contribution in [0.4, 0.5) is 0 Å². The average Bonchev–Trinajstić information content (AvgIpc) is 2.55. The fourth-order valence-electron chi connectivity index (χ4n) is 1.61. The van der Waals surface area contributed by atoms with Crippen molar-refractivity contribution < 1.29 is 5.11 Å². The molecule has 0 fully saturated rings. The zero-order valence-electron chi connectivity index (χ0n) is 6.21. The molecule has 1 atom stereocenters. The summed E-state index contributed by atoms with van der Waals surface area (Å²) in [5.41, 5.74) is 7.12. The van der Waals surface area contributed by atoms with Crippen molar-refractivity contribution in [1.82, 2.24) is 0 Å². The summed E-state index contributed by atoms with van der Waals surface area (Å²) in [6, 6.07) is 0. The first-order valence-electron chi connectivity index (χ1n) is 3.74. The summed E-state index contributed by atoms with van der Waals surface area (Å²) in [6.07, 6.45) is 1.77. The van der Waals surface area contributed by atoms with Gasteiger partial charge >= 0.3 is 0 Å². The first-order chi connectivity index (χ1) is 5.26. The molecule has 2 rings (SSSR count). The number of nitrogens with two attached hydrogens (primary N) is 1. The van der Waals surface area contributed by atoms with Crippen molar-refractivity contribution in [2.24, 2.45) is 5.73 Å². The highest BCUT2D eigenvalue weighted by molar-refractivity contribution is 7.08. The SMILES string of the molecule is NCC1(O)CCc2cscc21. The Morgan fingerprint density at radius 3 is 3.18 bits per heavy atom. The summed E-state index contributed by atoms with van der Waals surface area (Å²) in [4.78, 5) is 0. The quantitative estimate of drug-likeness (QED) is 0.654. The van der Waals surface area contributed by atoms with E-state index in [-0.39, 0.29) is 0 Å². The topological polar surface area (TPSA) is 46.2 Å². The van der Waals surface area contributed by atoms with Crippen LogP contribution in [0.2, 0.25) is 0 Å². The van der Waals surface area contributed by atoms with E-state index in [4.69, 9.17) is 5.73 Å². The van der Waals surface area contributed by atoms with E-state index in [1.807, 2.05) is 5.38 Å². The van der Waals surface area contributed by atoms with Gasteiger partial charge in [0.1, 0.15) is 5.60 Å². The predicted molar refractivity (Wildman–Crippen MR) is 45.6 cm³/mol. The van der Waals surface area contributed by atoms with E-state index in [1.165, 1.54) is 5.56 Å². The van der Waals surface area contributed by atoms with Gasteiger partial charge in [-0.1, -0.05) is 0 Å². The number of hydrogen-bond donors (Lipinski definition) is 2. The molecule has 0 bridgehead atoms.